The monoisotopic (exact) mass is 327 g/mol. The number of aliphatic carboxylic acids is 1. The van der Waals surface area contributed by atoms with Crippen molar-refractivity contribution in [2.75, 3.05) is 5.75 Å². The first-order chi connectivity index (χ1) is 11.2. The molecule has 1 N–H and O–H groups in total. The summed E-state index contributed by atoms with van der Waals surface area (Å²) in [5.74, 6) is 0.831. The van der Waals surface area contributed by atoms with Crippen molar-refractivity contribution in [3.8, 4) is 11.5 Å². The maximum atomic E-state index is 10.7. The third kappa shape index (κ3) is 3.32. The van der Waals surface area contributed by atoms with Crippen molar-refractivity contribution in [3.05, 3.63) is 66.1 Å². The Morgan fingerprint density at radius 1 is 1.22 bits per heavy atom. The van der Waals surface area contributed by atoms with Crippen molar-refractivity contribution in [2.24, 2.45) is 0 Å². The van der Waals surface area contributed by atoms with Crippen molar-refractivity contribution in [1.82, 2.24) is 14.3 Å². The van der Waals surface area contributed by atoms with Crippen LogP contribution in [0.15, 0.2) is 55.0 Å². The molecule has 0 fully saturated rings. The molecule has 0 aliphatic carbocycles. The van der Waals surface area contributed by atoms with E-state index in [9.17, 15) is 4.79 Å². The van der Waals surface area contributed by atoms with E-state index in [0.717, 1.165) is 22.6 Å². The zero-order valence-electron chi connectivity index (χ0n) is 12.7. The maximum Gasteiger partial charge on any atom is 0.313 e. The van der Waals surface area contributed by atoms with E-state index in [-0.39, 0.29) is 5.75 Å². The standard InChI is InChI=1S/C17H17N3O2S/c1-13-6-2-3-7-15(13)20-17(19-8-4-5-9-19)14(10-18-20)11-23-12-16(21)22/h2-10H,11-12H2,1H3,(H,21,22). The molecule has 0 aliphatic rings. The Balaban J connectivity index is 2.02. The summed E-state index contributed by atoms with van der Waals surface area (Å²) in [6, 6.07) is 12.0. The van der Waals surface area contributed by atoms with E-state index in [2.05, 4.69) is 18.1 Å². The second kappa shape index (κ2) is 6.75. The molecule has 0 atom stereocenters. The molecule has 5 nitrogen and oxygen atoms in total. The fraction of sp³-hybridized carbons (Fsp3) is 0.176. The molecule has 0 spiro atoms. The van der Waals surface area contributed by atoms with Crippen molar-refractivity contribution in [3.63, 3.8) is 0 Å². The summed E-state index contributed by atoms with van der Waals surface area (Å²) in [4.78, 5) is 10.7. The summed E-state index contributed by atoms with van der Waals surface area (Å²) in [6.07, 6.45) is 5.75. The van der Waals surface area contributed by atoms with Crippen LogP contribution in [0.1, 0.15) is 11.1 Å². The highest BCUT2D eigenvalue weighted by Crippen LogP contribution is 2.24. The van der Waals surface area contributed by atoms with Crippen LogP contribution in [0.5, 0.6) is 0 Å². The molecule has 0 saturated carbocycles. The Kier molecular flexibility index (Phi) is 4.52. The first-order valence-corrected chi connectivity index (χ1v) is 8.38. The molecule has 0 radical (unpaired) electrons. The predicted octanol–water partition coefficient (Wildman–Crippen LogP) is 3.29. The van der Waals surface area contributed by atoms with Crippen molar-refractivity contribution in [2.45, 2.75) is 12.7 Å². The van der Waals surface area contributed by atoms with E-state index >= 15 is 0 Å². The summed E-state index contributed by atoms with van der Waals surface area (Å²) in [6.45, 7) is 2.05. The molecule has 23 heavy (non-hydrogen) atoms. The molecule has 3 aromatic rings. The number of aryl methyl sites for hydroxylation is 1. The van der Waals surface area contributed by atoms with Crippen molar-refractivity contribution < 1.29 is 9.90 Å². The van der Waals surface area contributed by atoms with Gasteiger partial charge in [0.2, 0.25) is 0 Å². The van der Waals surface area contributed by atoms with Crippen molar-refractivity contribution >= 4 is 17.7 Å². The minimum atomic E-state index is -0.802. The average molecular weight is 327 g/mol. The summed E-state index contributed by atoms with van der Waals surface area (Å²) >= 11 is 1.37. The van der Waals surface area contributed by atoms with Gasteiger partial charge in [-0.2, -0.15) is 5.10 Å². The van der Waals surface area contributed by atoms with Crippen LogP contribution < -0.4 is 0 Å². The molecule has 1 aromatic carbocycles. The van der Waals surface area contributed by atoms with Gasteiger partial charge in [-0.3, -0.25) is 4.79 Å². The van der Waals surface area contributed by atoms with Gasteiger partial charge in [-0.05, 0) is 30.7 Å². The number of carboxylic acids is 1. The van der Waals surface area contributed by atoms with Gasteiger partial charge in [0, 0.05) is 23.7 Å². The van der Waals surface area contributed by atoms with Crippen LogP contribution in [0.2, 0.25) is 0 Å². The van der Waals surface area contributed by atoms with E-state index in [1.54, 1.807) is 0 Å². The van der Waals surface area contributed by atoms with Crippen LogP contribution in [0.25, 0.3) is 11.5 Å². The van der Waals surface area contributed by atoms with E-state index in [4.69, 9.17) is 5.11 Å². The van der Waals surface area contributed by atoms with Crippen LogP contribution >= 0.6 is 11.8 Å². The van der Waals surface area contributed by atoms with Gasteiger partial charge < -0.3 is 9.67 Å². The Bertz CT molecular complexity index is 809. The van der Waals surface area contributed by atoms with E-state index in [1.165, 1.54) is 11.8 Å². The molecular formula is C17H17N3O2S. The van der Waals surface area contributed by atoms with Crippen molar-refractivity contribution in [1.29, 1.82) is 0 Å². The SMILES string of the molecule is Cc1ccccc1-n1ncc(CSCC(=O)O)c1-n1cccc1. The van der Waals surface area contributed by atoms with E-state index in [1.807, 2.05) is 58.2 Å². The first-order valence-electron chi connectivity index (χ1n) is 7.22. The number of aromatic nitrogens is 3. The number of para-hydroxylation sites is 1. The van der Waals surface area contributed by atoms with Gasteiger partial charge in [-0.25, -0.2) is 4.68 Å². The Labute approximate surface area is 138 Å². The molecule has 0 bridgehead atoms. The lowest BCUT2D eigenvalue weighted by atomic mass is 10.2. The summed E-state index contributed by atoms with van der Waals surface area (Å²) in [7, 11) is 0. The number of benzene rings is 1. The number of hydrogen-bond donors (Lipinski definition) is 1. The molecule has 0 saturated heterocycles. The molecule has 0 unspecified atom stereocenters. The molecule has 0 amide bonds. The zero-order chi connectivity index (χ0) is 16.2. The van der Waals surface area contributed by atoms with Gasteiger partial charge in [0.15, 0.2) is 0 Å². The van der Waals surface area contributed by atoms with Crippen LogP contribution in [-0.2, 0) is 10.5 Å². The average Bonchev–Trinajstić information content (AvgIpc) is 3.16. The third-order valence-corrected chi connectivity index (χ3v) is 4.46. The lowest BCUT2D eigenvalue weighted by Crippen LogP contribution is -2.07. The highest BCUT2D eigenvalue weighted by molar-refractivity contribution is 7.99. The minimum absolute atomic E-state index is 0.0840. The van der Waals surface area contributed by atoms with Crippen LogP contribution in [0.3, 0.4) is 0 Å². The van der Waals surface area contributed by atoms with Gasteiger partial charge in [-0.15, -0.1) is 11.8 Å². The van der Waals surface area contributed by atoms with Crippen LogP contribution in [0, 0.1) is 6.92 Å². The van der Waals surface area contributed by atoms with E-state index < -0.39 is 5.97 Å². The number of carboxylic acid groups (broad SMARTS) is 1. The van der Waals surface area contributed by atoms with Gasteiger partial charge in [-0.1, -0.05) is 18.2 Å². The molecule has 3 rings (SSSR count). The summed E-state index contributed by atoms with van der Waals surface area (Å²) in [5.41, 5.74) is 3.16. The Morgan fingerprint density at radius 3 is 2.65 bits per heavy atom. The second-order valence-corrected chi connectivity index (χ2v) is 6.15. The summed E-state index contributed by atoms with van der Waals surface area (Å²) in [5, 5.41) is 13.4. The lowest BCUT2D eigenvalue weighted by molar-refractivity contribution is -0.133. The smallest absolute Gasteiger partial charge is 0.313 e. The fourth-order valence-electron chi connectivity index (χ4n) is 2.45. The largest absolute Gasteiger partial charge is 0.481 e. The fourth-order valence-corrected chi connectivity index (χ4v) is 3.15. The quantitative estimate of drug-likeness (QED) is 0.755. The van der Waals surface area contributed by atoms with E-state index in [0.29, 0.717) is 5.75 Å². The molecule has 118 valence electrons. The summed E-state index contributed by atoms with van der Waals surface area (Å²) < 4.78 is 3.92. The molecule has 2 heterocycles. The number of carbonyl (C=O) groups is 1. The molecule has 0 aliphatic heterocycles. The highest BCUT2D eigenvalue weighted by Gasteiger charge is 2.15. The first kappa shape index (κ1) is 15.4. The number of hydrogen-bond acceptors (Lipinski definition) is 3. The molecule has 2 aromatic heterocycles. The number of thioether (sulfide) groups is 1. The van der Waals surface area contributed by atoms with Gasteiger partial charge in [0.1, 0.15) is 5.82 Å². The molecular weight excluding hydrogens is 310 g/mol. The van der Waals surface area contributed by atoms with Crippen LogP contribution in [-0.4, -0.2) is 31.2 Å². The van der Waals surface area contributed by atoms with Gasteiger partial charge in [0.05, 0.1) is 17.6 Å². The number of nitrogens with zero attached hydrogens (tertiary/aromatic N) is 3. The second-order valence-electron chi connectivity index (χ2n) is 5.17. The lowest BCUT2D eigenvalue weighted by Gasteiger charge is -2.12. The zero-order valence-corrected chi connectivity index (χ0v) is 13.5. The third-order valence-electron chi connectivity index (χ3n) is 3.49. The topological polar surface area (TPSA) is 60.1 Å². The highest BCUT2D eigenvalue weighted by atomic mass is 32.2. The molecule has 6 heteroatoms. The minimum Gasteiger partial charge on any atom is -0.481 e. The van der Waals surface area contributed by atoms with Gasteiger partial charge >= 0.3 is 5.97 Å². The maximum absolute atomic E-state index is 10.7. The predicted molar refractivity (Wildman–Crippen MR) is 91.4 cm³/mol. The Hall–Kier alpha value is -2.47. The Morgan fingerprint density at radius 2 is 1.96 bits per heavy atom. The number of rotatable bonds is 6. The van der Waals surface area contributed by atoms with Crippen LogP contribution in [0.4, 0.5) is 0 Å². The van der Waals surface area contributed by atoms with Gasteiger partial charge in [0.25, 0.3) is 0 Å². The normalized spacial score (nSPS) is 10.8.